The summed E-state index contributed by atoms with van der Waals surface area (Å²) >= 11 is 0. The van der Waals surface area contributed by atoms with Crippen LogP contribution in [0.15, 0.2) is 23.2 Å². The van der Waals surface area contributed by atoms with E-state index in [0.29, 0.717) is 5.56 Å². The van der Waals surface area contributed by atoms with Gasteiger partial charge in [0.2, 0.25) is 0 Å². The Hall–Kier alpha value is -1.29. The zero-order chi connectivity index (χ0) is 10.7. The molecule has 0 aliphatic carbocycles. The van der Waals surface area contributed by atoms with Gasteiger partial charge < -0.3 is 5.32 Å². The molecule has 2 nitrogen and oxygen atoms in total. The van der Waals surface area contributed by atoms with Crippen LogP contribution in [0.3, 0.4) is 0 Å². The van der Waals surface area contributed by atoms with Gasteiger partial charge in [0, 0.05) is 18.8 Å². The third kappa shape index (κ3) is 2.83. The van der Waals surface area contributed by atoms with E-state index in [4.69, 9.17) is 0 Å². The van der Waals surface area contributed by atoms with Crippen LogP contribution in [0.25, 0.3) is 0 Å². The second-order valence-electron chi connectivity index (χ2n) is 3.63. The smallest absolute Gasteiger partial charge is 0.126 e. The number of nitrogens with zero attached hydrogens (tertiary/aromatic N) is 1. The zero-order valence-corrected chi connectivity index (χ0v) is 8.21. The lowest BCUT2D eigenvalue weighted by atomic mass is 10.2. The Labute approximate surface area is 87.0 Å². The maximum Gasteiger partial charge on any atom is 0.126 e. The molecule has 0 aromatic heterocycles. The topological polar surface area (TPSA) is 24.4 Å². The largest absolute Gasteiger partial charge is 0.315 e. The van der Waals surface area contributed by atoms with Crippen molar-refractivity contribution in [3.05, 3.63) is 35.4 Å². The van der Waals surface area contributed by atoms with Gasteiger partial charge in [-0.2, -0.15) is 0 Å². The minimum absolute atomic E-state index is 0.233. The molecule has 1 fully saturated rings. The van der Waals surface area contributed by atoms with Crippen LogP contribution >= 0.6 is 0 Å². The van der Waals surface area contributed by atoms with E-state index in [1.165, 1.54) is 18.3 Å². The van der Waals surface area contributed by atoms with Gasteiger partial charge in [0.1, 0.15) is 11.6 Å². The number of hydrogen-bond donors (Lipinski definition) is 1. The van der Waals surface area contributed by atoms with Crippen molar-refractivity contribution in [3.8, 4) is 0 Å². The monoisotopic (exact) mass is 210 g/mol. The minimum atomic E-state index is -0.569. The van der Waals surface area contributed by atoms with E-state index in [-0.39, 0.29) is 6.04 Å². The molecule has 0 spiro atoms. The van der Waals surface area contributed by atoms with Gasteiger partial charge in [-0.05, 0) is 30.7 Å². The van der Waals surface area contributed by atoms with Crippen molar-refractivity contribution in [2.24, 2.45) is 4.99 Å². The van der Waals surface area contributed by atoms with Crippen LogP contribution in [-0.2, 0) is 0 Å². The number of hydrogen-bond acceptors (Lipinski definition) is 2. The fraction of sp³-hybridized carbons (Fsp3) is 0.364. The van der Waals surface area contributed by atoms with Crippen LogP contribution < -0.4 is 5.32 Å². The van der Waals surface area contributed by atoms with Crippen LogP contribution in [0.2, 0.25) is 0 Å². The summed E-state index contributed by atoms with van der Waals surface area (Å²) < 4.78 is 25.6. The predicted molar refractivity (Wildman–Crippen MR) is 55.2 cm³/mol. The summed E-state index contributed by atoms with van der Waals surface area (Å²) in [7, 11) is 0. The van der Waals surface area contributed by atoms with Gasteiger partial charge in [-0.1, -0.05) is 0 Å². The summed E-state index contributed by atoms with van der Waals surface area (Å²) in [5.74, 6) is -1.14. The molecular formula is C11H12F2N2. The lowest BCUT2D eigenvalue weighted by Gasteiger charge is -2.00. The number of aliphatic imine (C=N–C) groups is 1. The Morgan fingerprint density at radius 2 is 2.00 bits per heavy atom. The lowest BCUT2D eigenvalue weighted by Crippen LogP contribution is -2.11. The Kier molecular flexibility index (Phi) is 3.06. The molecule has 1 aromatic rings. The Morgan fingerprint density at radius 3 is 2.60 bits per heavy atom. The van der Waals surface area contributed by atoms with Gasteiger partial charge in [-0.3, -0.25) is 4.99 Å². The Morgan fingerprint density at radius 1 is 1.27 bits per heavy atom. The molecule has 1 heterocycles. The second kappa shape index (κ2) is 4.49. The summed E-state index contributed by atoms with van der Waals surface area (Å²) in [5, 5.41) is 3.17. The van der Waals surface area contributed by atoms with E-state index >= 15 is 0 Å². The highest BCUT2D eigenvalue weighted by atomic mass is 19.1. The van der Waals surface area contributed by atoms with Crippen molar-refractivity contribution in [1.82, 2.24) is 5.32 Å². The first-order valence-electron chi connectivity index (χ1n) is 4.94. The highest BCUT2D eigenvalue weighted by Crippen LogP contribution is 2.07. The highest BCUT2D eigenvalue weighted by molar-refractivity contribution is 5.79. The molecule has 80 valence electrons. The standard InChI is InChI=1S/C11H12F2N2/c12-9-3-8(4-10(13)5-9)6-15-11-1-2-14-7-11/h3-6,11,14H,1-2,7H2/b15-6+. The van der Waals surface area contributed by atoms with E-state index < -0.39 is 11.6 Å². The van der Waals surface area contributed by atoms with Gasteiger partial charge in [-0.15, -0.1) is 0 Å². The molecule has 1 atom stereocenters. The second-order valence-corrected chi connectivity index (χ2v) is 3.63. The van der Waals surface area contributed by atoms with Crippen molar-refractivity contribution < 1.29 is 8.78 Å². The molecule has 1 aliphatic rings. The van der Waals surface area contributed by atoms with E-state index in [1.807, 2.05) is 0 Å². The molecule has 0 amide bonds. The summed E-state index contributed by atoms with van der Waals surface area (Å²) in [4.78, 5) is 4.25. The molecule has 0 radical (unpaired) electrons. The SMILES string of the molecule is Fc1cc(F)cc(/C=N/C2CCNC2)c1. The summed E-state index contributed by atoms with van der Waals surface area (Å²) in [6, 6.07) is 3.63. The van der Waals surface area contributed by atoms with Crippen LogP contribution in [0.5, 0.6) is 0 Å². The number of rotatable bonds is 2. The molecule has 0 saturated carbocycles. The fourth-order valence-electron chi connectivity index (χ4n) is 1.61. The summed E-state index contributed by atoms with van der Waals surface area (Å²) in [5.41, 5.74) is 0.472. The predicted octanol–water partition coefficient (Wildman–Crippen LogP) is 1.75. The molecule has 4 heteroatoms. The van der Waals surface area contributed by atoms with E-state index in [1.54, 1.807) is 0 Å². The van der Waals surface area contributed by atoms with Crippen LogP contribution in [0.4, 0.5) is 8.78 Å². The normalized spacial score (nSPS) is 21.3. The van der Waals surface area contributed by atoms with Crippen molar-refractivity contribution in [3.63, 3.8) is 0 Å². The number of halogens is 2. The molecular weight excluding hydrogens is 198 g/mol. The molecule has 1 unspecified atom stereocenters. The van der Waals surface area contributed by atoms with Gasteiger partial charge in [0.25, 0.3) is 0 Å². The van der Waals surface area contributed by atoms with Crippen LogP contribution in [0.1, 0.15) is 12.0 Å². The summed E-state index contributed by atoms with van der Waals surface area (Å²) in [6.45, 7) is 1.80. The Bertz CT molecular complexity index is 351. The molecule has 1 N–H and O–H groups in total. The maximum absolute atomic E-state index is 12.8. The first-order valence-corrected chi connectivity index (χ1v) is 4.94. The third-order valence-electron chi connectivity index (χ3n) is 2.35. The van der Waals surface area contributed by atoms with Gasteiger partial charge in [-0.25, -0.2) is 8.78 Å². The zero-order valence-electron chi connectivity index (χ0n) is 8.21. The van der Waals surface area contributed by atoms with Crippen molar-refractivity contribution >= 4 is 6.21 Å². The van der Waals surface area contributed by atoms with Gasteiger partial charge >= 0.3 is 0 Å². The molecule has 1 aliphatic heterocycles. The van der Waals surface area contributed by atoms with Crippen LogP contribution in [0, 0.1) is 11.6 Å². The number of nitrogens with one attached hydrogen (secondary N) is 1. The Balaban J connectivity index is 2.09. The van der Waals surface area contributed by atoms with E-state index in [9.17, 15) is 8.78 Å². The van der Waals surface area contributed by atoms with Gasteiger partial charge in [0.05, 0.1) is 6.04 Å². The average molecular weight is 210 g/mol. The van der Waals surface area contributed by atoms with Crippen molar-refractivity contribution in [2.75, 3.05) is 13.1 Å². The van der Waals surface area contributed by atoms with E-state index in [0.717, 1.165) is 25.6 Å². The number of benzene rings is 1. The van der Waals surface area contributed by atoms with Crippen molar-refractivity contribution in [1.29, 1.82) is 0 Å². The minimum Gasteiger partial charge on any atom is -0.315 e. The van der Waals surface area contributed by atoms with Crippen LogP contribution in [-0.4, -0.2) is 25.3 Å². The first kappa shape index (κ1) is 10.2. The highest BCUT2D eigenvalue weighted by Gasteiger charge is 2.11. The average Bonchev–Trinajstić information content (AvgIpc) is 2.65. The molecule has 1 aromatic carbocycles. The maximum atomic E-state index is 12.8. The fourth-order valence-corrected chi connectivity index (χ4v) is 1.61. The summed E-state index contributed by atoms with van der Waals surface area (Å²) in [6.07, 6.45) is 2.51. The molecule has 1 saturated heterocycles. The van der Waals surface area contributed by atoms with E-state index in [2.05, 4.69) is 10.3 Å². The van der Waals surface area contributed by atoms with Gasteiger partial charge in [0.15, 0.2) is 0 Å². The third-order valence-corrected chi connectivity index (χ3v) is 2.35. The molecule has 2 rings (SSSR count). The molecule has 0 bridgehead atoms. The quantitative estimate of drug-likeness (QED) is 0.739. The molecule has 15 heavy (non-hydrogen) atoms. The first-order chi connectivity index (χ1) is 7.24. The lowest BCUT2D eigenvalue weighted by molar-refractivity contribution is 0.583. The van der Waals surface area contributed by atoms with Crippen molar-refractivity contribution in [2.45, 2.75) is 12.5 Å².